The van der Waals surface area contributed by atoms with Crippen molar-refractivity contribution < 1.29 is 22.8 Å². The molecule has 2 rings (SSSR count). The number of nitrogens with zero attached hydrogens (tertiary/aromatic N) is 1. The Balaban J connectivity index is 2.00. The maximum absolute atomic E-state index is 13.1. The summed E-state index contributed by atoms with van der Waals surface area (Å²) in [5, 5.41) is -0.0106. The van der Waals surface area contributed by atoms with Crippen molar-refractivity contribution in [1.82, 2.24) is 4.90 Å². The van der Waals surface area contributed by atoms with Gasteiger partial charge in [-0.05, 0) is 23.6 Å². The van der Waals surface area contributed by atoms with E-state index in [0.29, 0.717) is 18.7 Å². The molecular formula is C14H14F3NO2S. The van der Waals surface area contributed by atoms with Crippen LogP contribution < -0.4 is 0 Å². The maximum atomic E-state index is 13.1. The van der Waals surface area contributed by atoms with Crippen LogP contribution in [0.5, 0.6) is 0 Å². The van der Waals surface area contributed by atoms with Crippen LogP contribution in [-0.4, -0.2) is 28.2 Å². The van der Waals surface area contributed by atoms with Crippen LogP contribution in [0, 0.1) is 23.4 Å². The van der Waals surface area contributed by atoms with Crippen molar-refractivity contribution in [2.24, 2.45) is 5.92 Å². The number of thioether (sulfide) groups is 1. The highest BCUT2D eigenvalue weighted by Gasteiger charge is 2.30. The fourth-order valence-corrected chi connectivity index (χ4v) is 2.97. The average molecular weight is 317 g/mol. The summed E-state index contributed by atoms with van der Waals surface area (Å²) in [6.45, 7) is 1.93. The summed E-state index contributed by atoms with van der Waals surface area (Å²) < 4.78 is 39.2. The van der Waals surface area contributed by atoms with Gasteiger partial charge < -0.3 is 4.90 Å². The van der Waals surface area contributed by atoms with E-state index < -0.39 is 17.5 Å². The second-order valence-corrected chi connectivity index (χ2v) is 6.22. The molecule has 0 aliphatic carbocycles. The summed E-state index contributed by atoms with van der Waals surface area (Å²) in [5.74, 6) is -3.58. The fraction of sp³-hybridized carbons (Fsp3) is 0.429. The average Bonchev–Trinajstić information content (AvgIpc) is 2.74. The normalized spacial score (nSPS) is 18.4. The van der Waals surface area contributed by atoms with Gasteiger partial charge in [-0.15, -0.1) is 0 Å². The van der Waals surface area contributed by atoms with Crippen molar-refractivity contribution >= 4 is 22.8 Å². The lowest BCUT2D eigenvalue weighted by atomic mass is 10.1. The first-order valence-corrected chi connectivity index (χ1v) is 7.40. The first-order chi connectivity index (χ1) is 9.86. The number of hydrogen-bond donors (Lipinski definition) is 0. The molecule has 21 heavy (non-hydrogen) atoms. The molecular weight excluding hydrogens is 303 g/mol. The Bertz CT molecular complexity index is 556. The van der Waals surface area contributed by atoms with Crippen LogP contribution in [0.25, 0.3) is 0 Å². The number of carbonyl (C=O) groups is 2. The summed E-state index contributed by atoms with van der Waals surface area (Å²) >= 11 is 1.16. The number of likely N-dealkylation sites (tertiary alicyclic amines) is 1. The molecule has 0 spiro atoms. The third kappa shape index (κ3) is 4.00. The Morgan fingerprint density at radius 3 is 2.52 bits per heavy atom. The Morgan fingerprint density at radius 1 is 1.33 bits per heavy atom. The molecule has 0 N–H and O–H groups in total. The van der Waals surface area contributed by atoms with Gasteiger partial charge in [0, 0.05) is 32.2 Å². The minimum Gasteiger partial charge on any atom is -0.338 e. The molecule has 1 heterocycles. The maximum Gasteiger partial charge on any atom is 0.223 e. The molecule has 1 aliphatic rings. The van der Waals surface area contributed by atoms with E-state index in [1.807, 2.05) is 0 Å². The minimum absolute atomic E-state index is 0.0106. The molecule has 3 nitrogen and oxygen atoms in total. The Hall–Kier alpha value is -1.50. The lowest BCUT2D eigenvalue weighted by Gasteiger charge is -2.17. The van der Waals surface area contributed by atoms with Crippen LogP contribution in [0.1, 0.15) is 18.9 Å². The topological polar surface area (TPSA) is 37.4 Å². The van der Waals surface area contributed by atoms with Gasteiger partial charge in [-0.2, -0.15) is 0 Å². The summed E-state index contributed by atoms with van der Waals surface area (Å²) in [6, 6.07) is 1.78. The predicted octanol–water partition coefficient (Wildman–Crippen LogP) is 2.73. The summed E-state index contributed by atoms with van der Waals surface area (Å²) in [5.41, 5.74) is 0.208. The first kappa shape index (κ1) is 15.9. The molecule has 1 saturated heterocycles. The molecule has 1 aromatic rings. The van der Waals surface area contributed by atoms with Gasteiger partial charge in [0.2, 0.25) is 5.91 Å². The van der Waals surface area contributed by atoms with E-state index in [4.69, 9.17) is 0 Å². The second-order valence-electron chi connectivity index (χ2n) is 5.02. The van der Waals surface area contributed by atoms with Gasteiger partial charge in [-0.25, -0.2) is 13.2 Å². The molecule has 1 unspecified atom stereocenters. The first-order valence-electron chi connectivity index (χ1n) is 6.41. The number of amides is 1. The quantitative estimate of drug-likeness (QED) is 0.801. The standard InChI is InChI=1S/C14H14F3NO2S/c1-8(19)21-7-10-4-13(20)18(6-10)5-9-2-11(15)14(17)12(16)3-9/h2-3,10H,4-7H2,1H3. The highest BCUT2D eigenvalue weighted by atomic mass is 32.2. The third-order valence-corrected chi connectivity index (χ3v) is 4.28. The fourth-order valence-electron chi connectivity index (χ4n) is 2.27. The van der Waals surface area contributed by atoms with Crippen molar-refractivity contribution in [3.63, 3.8) is 0 Å². The summed E-state index contributed by atoms with van der Waals surface area (Å²) in [6.07, 6.45) is 0.312. The Kier molecular flexibility index (Phi) is 4.92. The molecule has 114 valence electrons. The van der Waals surface area contributed by atoms with Crippen molar-refractivity contribution in [2.45, 2.75) is 19.9 Å². The molecule has 1 aliphatic heterocycles. The predicted molar refractivity (Wildman–Crippen MR) is 73.0 cm³/mol. The molecule has 1 aromatic carbocycles. The third-order valence-electron chi connectivity index (χ3n) is 3.23. The number of carbonyl (C=O) groups excluding carboxylic acids is 2. The zero-order valence-electron chi connectivity index (χ0n) is 11.4. The van der Waals surface area contributed by atoms with Crippen LogP contribution >= 0.6 is 11.8 Å². The molecule has 0 bridgehead atoms. The molecule has 1 atom stereocenters. The highest BCUT2D eigenvalue weighted by molar-refractivity contribution is 8.13. The van der Waals surface area contributed by atoms with E-state index in [1.165, 1.54) is 11.8 Å². The van der Waals surface area contributed by atoms with Crippen LogP contribution in [0.4, 0.5) is 13.2 Å². The van der Waals surface area contributed by atoms with Crippen LogP contribution in [0.3, 0.4) is 0 Å². The zero-order chi connectivity index (χ0) is 15.6. The van der Waals surface area contributed by atoms with E-state index >= 15 is 0 Å². The molecule has 0 saturated carbocycles. The molecule has 7 heteroatoms. The monoisotopic (exact) mass is 317 g/mol. The zero-order valence-corrected chi connectivity index (χ0v) is 12.2. The van der Waals surface area contributed by atoms with Gasteiger partial charge in [0.15, 0.2) is 22.6 Å². The van der Waals surface area contributed by atoms with Crippen LogP contribution in [-0.2, 0) is 16.1 Å². The SMILES string of the molecule is CC(=O)SCC1CC(=O)N(Cc2cc(F)c(F)c(F)c2)C1. The van der Waals surface area contributed by atoms with E-state index in [0.717, 1.165) is 23.9 Å². The second kappa shape index (κ2) is 6.51. The van der Waals surface area contributed by atoms with E-state index in [1.54, 1.807) is 0 Å². The van der Waals surface area contributed by atoms with Gasteiger partial charge in [0.25, 0.3) is 0 Å². The van der Waals surface area contributed by atoms with E-state index in [-0.39, 0.29) is 29.0 Å². The Labute approximate surface area is 124 Å². The molecule has 1 fully saturated rings. The van der Waals surface area contributed by atoms with Gasteiger partial charge in [0.05, 0.1) is 0 Å². The highest BCUT2D eigenvalue weighted by Crippen LogP contribution is 2.24. The minimum atomic E-state index is -1.51. The van der Waals surface area contributed by atoms with Gasteiger partial charge in [-0.1, -0.05) is 11.8 Å². The number of benzene rings is 1. The summed E-state index contributed by atoms with van der Waals surface area (Å²) in [7, 11) is 0. The van der Waals surface area contributed by atoms with Gasteiger partial charge in [-0.3, -0.25) is 9.59 Å². The van der Waals surface area contributed by atoms with Gasteiger partial charge >= 0.3 is 0 Å². The number of rotatable bonds is 4. The van der Waals surface area contributed by atoms with E-state index in [2.05, 4.69) is 0 Å². The van der Waals surface area contributed by atoms with Crippen molar-refractivity contribution in [2.75, 3.05) is 12.3 Å². The number of hydrogen-bond acceptors (Lipinski definition) is 3. The lowest BCUT2D eigenvalue weighted by Crippen LogP contribution is -2.25. The van der Waals surface area contributed by atoms with Gasteiger partial charge in [0.1, 0.15) is 0 Å². The van der Waals surface area contributed by atoms with Crippen molar-refractivity contribution in [1.29, 1.82) is 0 Å². The lowest BCUT2D eigenvalue weighted by molar-refractivity contribution is -0.128. The van der Waals surface area contributed by atoms with Crippen molar-refractivity contribution in [3.05, 3.63) is 35.1 Å². The van der Waals surface area contributed by atoms with E-state index in [9.17, 15) is 22.8 Å². The molecule has 1 amide bonds. The number of halogens is 3. The van der Waals surface area contributed by atoms with Crippen LogP contribution in [0.15, 0.2) is 12.1 Å². The molecule has 0 aromatic heterocycles. The Morgan fingerprint density at radius 2 is 1.95 bits per heavy atom. The summed E-state index contributed by atoms with van der Waals surface area (Å²) in [4.78, 5) is 24.2. The van der Waals surface area contributed by atoms with Crippen molar-refractivity contribution in [3.8, 4) is 0 Å². The smallest absolute Gasteiger partial charge is 0.223 e. The van der Waals surface area contributed by atoms with Crippen LogP contribution in [0.2, 0.25) is 0 Å². The largest absolute Gasteiger partial charge is 0.338 e. The molecule has 0 radical (unpaired) electrons.